The molecule has 0 aliphatic heterocycles. The molecule has 24 heavy (non-hydrogen) atoms. The Kier molecular flexibility index (Phi) is 4.94. The molecule has 1 heterocycles. The summed E-state index contributed by atoms with van der Waals surface area (Å²) in [6, 6.07) is 7.20. The quantitative estimate of drug-likeness (QED) is 0.751. The molecule has 1 saturated carbocycles. The Bertz CT molecular complexity index is 778. The maximum Gasteiger partial charge on any atom is 0.258 e. The molecule has 2 aromatic rings. The number of carbonyl (C=O) groups is 1. The van der Waals surface area contributed by atoms with Crippen molar-refractivity contribution in [3.05, 3.63) is 40.4 Å². The van der Waals surface area contributed by atoms with Gasteiger partial charge in [-0.25, -0.2) is 4.98 Å². The second kappa shape index (κ2) is 7.13. The molecule has 0 spiro atoms. The second-order valence-electron chi connectivity index (χ2n) is 6.59. The summed E-state index contributed by atoms with van der Waals surface area (Å²) in [4.78, 5) is 31.1. The maximum atomic E-state index is 12.0. The molecule has 1 aromatic heterocycles. The fourth-order valence-electron chi connectivity index (χ4n) is 3.23. The molecule has 1 aliphatic rings. The van der Waals surface area contributed by atoms with E-state index in [9.17, 15) is 14.7 Å². The summed E-state index contributed by atoms with van der Waals surface area (Å²) in [6.45, 7) is 0.330. The number of amides is 1. The van der Waals surface area contributed by atoms with Crippen LogP contribution in [0.15, 0.2) is 29.1 Å². The fourth-order valence-corrected chi connectivity index (χ4v) is 3.23. The molecule has 6 nitrogen and oxygen atoms in total. The molecular formula is C18H23N3O3. The number of para-hydroxylation sites is 1. The third-order valence-electron chi connectivity index (χ3n) is 4.63. The van der Waals surface area contributed by atoms with Gasteiger partial charge in [0.2, 0.25) is 5.91 Å². The minimum Gasteiger partial charge on any atom is -0.388 e. The molecule has 0 saturated heterocycles. The predicted octanol–water partition coefficient (Wildman–Crippen LogP) is 1.67. The summed E-state index contributed by atoms with van der Waals surface area (Å²) in [6.07, 6.45) is 5.06. The van der Waals surface area contributed by atoms with Crippen LogP contribution in [-0.4, -0.2) is 33.1 Å². The van der Waals surface area contributed by atoms with Crippen LogP contribution in [0.25, 0.3) is 10.9 Å². The number of aromatic nitrogens is 2. The highest BCUT2D eigenvalue weighted by Crippen LogP contribution is 2.28. The molecule has 0 atom stereocenters. The van der Waals surface area contributed by atoms with Crippen LogP contribution in [0.2, 0.25) is 0 Å². The van der Waals surface area contributed by atoms with Crippen molar-refractivity contribution in [1.82, 2.24) is 15.3 Å². The summed E-state index contributed by atoms with van der Waals surface area (Å²) in [7, 11) is 0. The number of H-pyrrole nitrogens is 1. The Morgan fingerprint density at radius 3 is 2.83 bits per heavy atom. The summed E-state index contributed by atoms with van der Waals surface area (Å²) in [5, 5.41) is 13.6. The zero-order valence-electron chi connectivity index (χ0n) is 13.7. The van der Waals surface area contributed by atoms with Gasteiger partial charge in [-0.05, 0) is 31.4 Å². The molecule has 0 radical (unpaired) electrons. The lowest BCUT2D eigenvalue weighted by Crippen LogP contribution is -2.40. The highest BCUT2D eigenvalue weighted by Gasteiger charge is 2.31. The molecular weight excluding hydrogens is 306 g/mol. The number of fused-ring (bicyclic) bond motifs is 1. The van der Waals surface area contributed by atoms with Gasteiger partial charge in [0.05, 0.1) is 16.5 Å². The van der Waals surface area contributed by atoms with Crippen LogP contribution in [0.1, 0.15) is 44.3 Å². The van der Waals surface area contributed by atoms with E-state index >= 15 is 0 Å². The van der Waals surface area contributed by atoms with Crippen molar-refractivity contribution in [3.8, 4) is 0 Å². The first-order chi connectivity index (χ1) is 11.6. The van der Waals surface area contributed by atoms with E-state index in [0.29, 0.717) is 42.5 Å². The molecule has 6 heteroatoms. The zero-order valence-corrected chi connectivity index (χ0v) is 13.7. The standard InChI is InChI=1S/C18H23N3O3/c22-16(19-12-18(24)10-3-4-11-18)9-5-8-15-20-14-7-2-1-6-13(14)17(23)21-15/h1-2,6-7,24H,3-5,8-12H2,(H,19,22)(H,20,21,23). The lowest BCUT2D eigenvalue weighted by molar-refractivity contribution is -0.122. The van der Waals surface area contributed by atoms with Gasteiger partial charge in [-0.2, -0.15) is 0 Å². The summed E-state index contributed by atoms with van der Waals surface area (Å²) in [5.41, 5.74) is -0.200. The molecule has 128 valence electrons. The number of carbonyl (C=O) groups excluding carboxylic acids is 1. The highest BCUT2D eigenvalue weighted by atomic mass is 16.3. The van der Waals surface area contributed by atoms with E-state index < -0.39 is 5.60 Å². The van der Waals surface area contributed by atoms with E-state index in [1.54, 1.807) is 6.07 Å². The van der Waals surface area contributed by atoms with Crippen LogP contribution in [0.5, 0.6) is 0 Å². The van der Waals surface area contributed by atoms with E-state index in [0.717, 1.165) is 25.7 Å². The monoisotopic (exact) mass is 329 g/mol. The number of hydrogen-bond acceptors (Lipinski definition) is 4. The Labute approximate surface area is 140 Å². The number of aryl methyl sites for hydroxylation is 1. The third-order valence-corrected chi connectivity index (χ3v) is 4.63. The smallest absolute Gasteiger partial charge is 0.258 e. The van der Waals surface area contributed by atoms with Crippen molar-refractivity contribution in [2.45, 2.75) is 50.5 Å². The van der Waals surface area contributed by atoms with Crippen LogP contribution in [0.4, 0.5) is 0 Å². The molecule has 0 bridgehead atoms. The summed E-state index contributed by atoms with van der Waals surface area (Å²) in [5.74, 6) is 0.527. The number of hydrogen-bond donors (Lipinski definition) is 3. The third kappa shape index (κ3) is 4.00. The number of nitrogens with one attached hydrogen (secondary N) is 2. The summed E-state index contributed by atoms with van der Waals surface area (Å²) >= 11 is 0. The Morgan fingerprint density at radius 2 is 2.04 bits per heavy atom. The van der Waals surface area contributed by atoms with Crippen LogP contribution in [0, 0.1) is 0 Å². The first-order valence-electron chi connectivity index (χ1n) is 8.53. The fraction of sp³-hybridized carbons (Fsp3) is 0.500. The number of aromatic amines is 1. The van der Waals surface area contributed by atoms with Crippen molar-refractivity contribution in [3.63, 3.8) is 0 Å². The van der Waals surface area contributed by atoms with Gasteiger partial charge in [-0.3, -0.25) is 9.59 Å². The van der Waals surface area contributed by atoms with Gasteiger partial charge in [-0.1, -0.05) is 25.0 Å². The van der Waals surface area contributed by atoms with Crippen LogP contribution < -0.4 is 10.9 Å². The van der Waals surface area contributed by atoms with Gasteiger partial charge in [0.1, 0.15) is 5.82 Å². The first kappa shape index (κ1) is 16.6. The van der Waals surface area contributed by atoms with Crippen LogP contribution in [-0.2, 0) is 11.2 Å². The van der Waals surface area contributed by atoms with Crippen molar-refractivity contribution in [2.24, 2.45) is 0 Å². The van der Waals surface area contributed by atoms with Gasteiger partial charge < -0.3 is 15.4 Å². The number of rotatable bonds is 6. The van der Waals surface area contributed by atoms with Crippen molar-refractivity contribution < 1.29 is 9.90 Å². The van der Waals surface area contributed by atoms with Gasteiger partial charge in [0.25, 0.3) is 5.56 Å². The average Bonchev–Trinajstić information content (AvgIpc) is 3.00. The van der Waals surface area contributed by atoms with E-state index in [-0.39, 0.29) is 11.5 Å². The SMILES string of the molecule is O=C(CCCc1nc2ccccc2c(=O)[nH]1)NCC1(O)CCCC1. The van der Waals surface area contributed by atoms with E-state index in [1.807, 2.05) is 18.2 Å². The Hall–Kier alpha value is -2.21. The van der Waals surface area contributed by atoms with E-state index in [4.69, 9.17) is 0 Å². The lowest BCUT2D eigenvalue weighted by Gasteiger charge is -2.22. The van der Waals surface area contributed by atoms with Crippen LogP contribution in [0.3, 0.4) is 0 Å². The largest absolute Gasteiger partial charge is 0.388 e. The molecule has 1 aromatic carbocycles. The second-order valence-corrected chi connectivity index (χ2v) is 6.59. The van der Waals surface area contributed by atoms with Crippen molar-refractivity contribution in [1.29, 1.82) is 0 Å². The van der Waals surface area contributed by atoms with Crippen molar-refractivity contribution >= 4 is 16.8 Å². The molecule has 0 unspecified atom stereocenters. The van der Waals surface area contributed by atoms with Crippen LogP contribution >= 0.6 is 0 Å². The minimum absolute atomic E-state index is 0.0709. The van der Waals surface area contributed by atoms with E-state index in [1.165, 1.54) is 0 Å². The number of nitrogens with zero attached hydrogens (tertiary/aromatic N) is 1. The van der Waals surface area contributed by atoms with E-state index in [2.05, 4.69) is 15.3 Å². The normalized spacial score (nSPS) is 16.4. The number of benzene rings is 1. The summed E-state index contributed by atoms with van der Waals surface area (Å²) < 4.78 is 0. The lowest BCUT2D eigenvalue weighted by atomic mass is 10.0. The molecule has 1 amide bonds. The zero-order chi connectivity index (χ0) is 17.0. The topological polar surface area (TPSA) is 95.1 Å². The molecule has 3 N–H and O–H groups in total. The maximum absolute atomic E-state index is 12.0. The van der Waals surface area contributed by atoms with Gasteiger partial charge in [-0.15, -0.1) is 0 Å². The van der Waals surface area contributed by atoms with Gasteiger partial charge in [0.15, 0.2) is 0 Å². The Morgan fingerprint density at radius 1 is 1.29 bits per heavy atom. The van der Waals surface area contributed by atoms with Gasteiger partial charge in [0, 0.05) is 19.4 Å². The molecule has 1 fully saturated rings. The van der Waals surface area contributed by atoms with Crippen molar-refractivity contribution in [2.75, 3.05) is 6.54 Å². The Balaban J connectivity index is 1.49. The number of aliphatic hydroxyl groups is 1. The average molecular weight is 329 g/mol. The van der Waals surface area contributed by atoms with Gasteiger partial charge >= 0.3 is 0 Å². The molecule has 3 rings (SSSR count). The predicted molar refractivity (Wildman–Crippen MR) is 91.7 cm³/mol. The highest BCUT2D eigenvalue weighted by molar-refractivity contribution is 5.77. The first-order valence-corrected chi connectivity index (χ1v) is 8.53. The minimum atomic E-state index is -0.721. The molecule has 1 aliphatic carbocycles.